The number of nitrogens with one attached hydrogen (secondary N) is 1. The van der Waals surface area contributed by atoms with Crippen molar-refractivity contribution in [1.82, 2.24) is 9.97 Å². The molecule has 1 aliphatic carbocycles. The van der Waals surface area contributed by atoms with Crippen LogP contribution in [0.5, 0.6) is 0 Å². The van der Waals surface area contributed by atoms with E-state index in [4.69, 9.17) is 0 Å². The maximum absolute atomic E-state index is 11.3. The highest BCUT2D eigenvalue weighted by Crippen LogP contribution is 2.27. The molecule has 5 heteroatoms. The van der Waals surface area contributed by atoms with Gasteiger partial charge < -0.3 is 10.4 Å². The number of anilines is 1. The summed E-state index contributed by atoms with van der Waals surface area (Å²) in [6.45, 7) is 0. The first-order valence-electron chi connectivity index (χ1n) is 6.04. The van der Waals surface area contributed by atoms with Crippen LogP contribution < -0.4 is 5.32 Å². The van der Waals surface area contributed by atoms with Gasteiger partial charge in [0.15, 0.2) is 0 Å². The van der Waals surface area contributed by atoms with Gasteiger partial charge in [-0.3, -0.25) is 0 Å². The molecule has 1 fully saturated rings. The number of rotatable bonds is 4. The van der Waals surface area contributed by atoms with E-state index in [1.165, 1.54) is 6.42 Å². The lowest BCUT2D eigenvalue weighted by atomic mass is 9.84. The number of aromatic nitrogens is 2. The second-order valence-corrected chi connectivity index (χ2v) is 4.43. The van der Waals surface area contributed by atoms with E-state index in [2.05, 4.69) is 15.3 Å². The molecule has 92 valence electrons. The average molecular weight is 235 g/mol. The van der Waals surface area contributed by atoms with Crippen LogP contribution in [0.2, 0.25) is 0 Å². The van der Waals surface area contributed by atoms with Gasteiger partial charge in [0, 0.05) is 12.4 Å². The topological polar surface area (TPSA) is 75.1 Å². The Bertz CT molecular complexity index is 363. The van der Waals surface area contributed by atoms with Crippen LogP contribution in [0, 0.1) is 5.92 Å². The van der Waals surface area contributed by atoms with Crippen molar-refractivity contribution in [3.63, 3.8) is 0 Å². The molecule has 1 heterocycles. The maximum atomic E-state index is 11.3. The first kappa shape index (κ1) is 11.8. The molecule has 0 aliphatic heterocycles. The molecule has 1 aromatic heterocycles. The second-order valence-electron chi connectivity index (χ2n) is 4.43. The van der Waals surface area contributed by atoms with Gasteiger partial charge in [-0.05, 0) is 24.8 Å². The van der Waals surface area contributed by atoms with Crippen LogP contribution in [0.1, 0.15) is 32.1 Å². The van der Waals surface area contributed by atoms with Crippen LogP contribution in [0.25, 0.3) is 0 Å². The predicted octanol–water partition coefficient (Wildman–Crippen LogP) is 1.92. The highest BCUT2D eigenvalue weighted by Gasteiger charge is 2.29. The summed E-state index contributed by atoms with van der Waals surface area (Å²) in [5.74, 6) is -0.236. The normalized spacial score (nSPS) is 18.6. The lowest BCUT2D eigenvalue weighted by molar-refractivity contribution is -0.139. The van der Waals surface area contributed by atoms with Crippen LogP contribution in [0.15, 0.2) is 18.5 Å². The third kappa shape index (κ3) is 3.15. The van der Waals surface area contributed by atoms with Gasteiger partial charge in [-0.2, -0.15) is 0 Å². The standard InChI is InChI=1S/C12H17N3O2/c16-11(17)10(9-5-2-1-3-6-9)15-12-13-7-4-8-14-12/h4,7-10H,1-3,5-6H2,(H,16,17)(H,13,14,15). The predicted molar refractivity (Wildman–Crippen MR) is 63.7 cm³/mol. The molecule has 2 rings (SSSR count). The van der Waals surface area contributed by atoms with Crippen LogP contribution in [-0.4, -0.2) is 27.1 Å². The van der Waals surface area contributed by atoms with Gasteiger partial charge in [0.25, 0.3) is 0 Å². The van der Waals surface area contributed by atoms with Gasteiger partial charge in [0.05, 0.1) is 0 Å². The molecule has 17 heavy (non-hydrogen) atoms. The minimum atomic E-state index is -0.815. The molecule has 2 N–H and O–H groups in total. The molecule has 0 saturated heterocycles. The summed E-state index contributed by atoms with van der Waals surface area (Å²) < 4.78 is 0. The van der Waals surface area contributed by atoms with E-state index in [0.29, 0.717) is 5.95 Å². The first-order valence-corrected chi connectivity index (χ1v) is 6.04. The fourth-order valence-electron chi connectivity index (χ4n) is 2.36. The Morgan fingerprint density at radius 2 is 1.94 bits per heavy atom. The van der Waals surface area contributed by atoms with Crippen molar-refractivity contribution in [3.8, 4) is 0 Å². The van der Waals surface area contributed by atoms with E-state index in [0.717, 1.165) is 25.7 Å². The van der Waals surface area contributed by atoms with E-state index < -0.39 is 12.0 Å². The van der Waals surface area contributed by atoms with Crippen molar-refractivity contribution in [2.75, 3.05) is 5.32 Å². The van der Waals surface area contributed by atoms with Gasteiger partial charge in [0.1, 0.15) is 6.04 Å². The third-order valence-corrected chi connectivity index (χ3v) is 3.24. The number of hydrogen-bond donors (Lipinski definition) is 2. The van der Waals surface area contributed by atoms with E-state index in [1.807, 2.05) is 0 Å². The molecule has 1 unspecified atom stereocenters. The minimum Gasteiger partial charge on any atom is -0.480 e. The molecule has 0 aromatic carbocycles. The average Bonchev–Trinajstić information content (AvgIpc) is 2.38. The van der Waals surface area contributed by atoms with Gasteiger partial charge in [0.2, 0.25) is 5.95 Å². The molecule has 1 aromatic rings. The zero-order chi connectivity index (χ0) is 12.1. The molecule has 1 saturated carbocycles. The fraction of sp³-hybridized carbons (Fsp3) is 0.583. The molecular weight excluding hydrogens is 218 g/mol. The third-order valence-electron chi connectivity index (χ3n) is 3.24. The Morgan fingerprint density at radius 1 is 1.29 bits per heavy atom. The molecule has 0 radical (unpaired) electrons. The van der Waals surface area contributed by atoms with Crippen molar-refractivity contribution in [1.29, 1.82) is 0 Å². The lowest BCUT2D eigenvalue weighted by Crippen LogP contribution is -2.38. The largest absolute Gasteiger partial charge is 0.480 e. The number of hydrogen-bond acceptors (Lipinski definition) is 4. The van der Waals surface area contributed by atoms with Gasteiger partial charge >= 0.3 is 5.97 Å². The molecule has 0 bridgehead atoms. The number of carboxylic acid groups (broad SMARTS) is 1. The zero-order valence-electron chi connectivity index (χ0n) is 9.67. The summed E-state index contributed by atoms with van der Waals surface area (Å²) >= 11 is 0. The minimum absolute atomic E-state index is 0.185. The van der Waals surface area contributed by atoms with E-state index in [-0.39, 0.29) is 5.92 Å². The van der Waals surface area contributed by atoms with E-state index in [1.54, 1.807) is 18.5 Å². The fourth-order valence-corrected chi connectivity index (χ4v) is 2.36. The van der Waals surface area contributed by atoms with Crippen molar-refractivity contribution >= 4 is 11.9 Å². The van der Waals surface area contributed by atoms with Crippen LogP contribution >= 0.6 is 0 Å². The van der Waals surface area contributed by atoms with Gasteiger partial charge in [-0.25, -0.2) is 14.8 Å². The molecule has 0 spiro atoms. The maximum Gasteiger partial charge on any atom is 0.326 e. The molecule has 0 amide bonds. The monoisotopic (exact) mass is 235 g/mol. The van der Waals surface area contributed by atoms with Crippen LogP contribution in [0.4, 0.5) is 5.95 Å². The highest BCUT2D eigenvalue weighted by atomic mass is 16.4. The van der Waals surface area contributed by atoms with Crippen molar-refractivity contribution < 1.29 is 9.90 Å². The molecular formula is C12H17N3O2. The smallest absolute Gasteiger partial charge is 0.326 e. The van der Waals surface area contributed by atoms with Crippen molar-refractivity contribution in [2.45, 2.75) is 38.1 Å². The summed E-state index contributed by atoms with van der Waals surface area (Å²) in [4.78, 5) is 19.3. The summed E-state index contributed by atoms with van der Waals surface area (Å²) in [5.41, 5.74) is 0. The number of nitrogens with zero attached hydrogens (tertiary/aromatic N) is 2. The summed E-state index contributed by atoms with van der Waals surface area (Å²) in [6.07, 6.45) is 8.60. The number of aliphatic carboxylic acids is 1. The van der Waals surface area contributed by atoms with Crippen LogP contribution in [-0.2, 0) is 4.79 Å². The second kappa shape index (κ2) is 5.61. The SMILES string of the molecule is O=C(O)C(Nc1ncccn1)C1CCCCC1. The first-order chi connectivity index (χ1) is 8.27. The Morgan fingerprint density at radius 3 is 2.53 bits per heavy atom. The van der Waals surface area contributed by atoms with E-state index in [9.17, 15) is 9.90 Å². The van der Waals surface area contributed by atoms with Gasteiger partial charge in [-0.15, -0.1) is 0 Å². The summed E-state index contributed by atoms with van der Waals surface area (Å²) in [7, 11) is 0. The lowest BCUT2D eigenvalue weighted by Gasteiger charge is -2.27. The highest BCUT2D eigenvalue weighted by molar-refractivity contribution is 5.76. The van der Waals surface area contributed by atoms with Gasteiger partial charge in [-0.1, -0.05) is 19.3 Å². The number of carboxylic acids is 1. The van der Waals surface area contributed by atoms with E-state index >= 15 is 0 Å². The molecule has 5 nitrogen and oxygen atoms in total. The Labute approximate surface area is 100 Å². The summed E-state index contributed by atoms with van der Waals surface area (Å²) in [5, 5.41) is 12.2. The summed E-state index contributed by atoms with van der Waals surface area (Å²) in [6, 6.07) is 1.14. The zero-order valence-corrected chi connectivity index (χ0v) is 9.67. The van der Waals surface area contributed by atoms with Crippen molar-refractivity contribution in [2.24, 2.45) is 5.92 Å². The Hall–Kier alpha value is -1.65. The molecule has 1 aliphatic rings. The Kier molecular flexibility index (Phi) is 3.90. The van der Waals surface area contributed by atoms with Crippen LogP contribution in [0.3, 0.4) is 0 Å². The molecule has 1 atom stereocenters. The quantitative estimate of drug-likeness (QED) is 0.834. The Balaban J connectivity index is 2.04. The van der Waals surface area contributed by atoms with Crippen molar-refractivity contribution in [3.05, 3.63) is 18.5 Å². The number of carbonyl (C=O) groups is 1.